The number of likely N-dealkylation sites (tertiary alicyclic amines) is 1. The molecule has 0 aliphatic carbocycles. The summed E-state index contributed by atoms with van der Waals surface area (Å²) in [6.07, 6.45) is 3.68. The number of piperidine rings is 1. The van der Waals surface area contributed by atoms with E-state index in [4.69, 9.17) is 4.52 Å². The second kappa shape index (κ2) is 10.4. The van der Waals surface area contributed by atoms with E-state index in [1.165, 1.54) is 0 Å². The Morgan fingerprint density at radius 1 is 1.28 bits per heavy atom. The quantitative estimate of drug-likeness (QED) is 0.430. The highest BCUT2D eigenvalue weighted by molar-refractivity contribution is 5.90. The summed E-state index contributed by atoms with van der Waals surface area (Å²) in [5.74, 6) is 2.15. The largest absolute Gasteiger partial charge is 0.368 e. The molecule has 0 spiro atoms. The van der Waals surface area contributed by atoms with E-state index in [1.54, 1.807) is 6.07 Å². The standard InChI is InChI=1S/C22H29N7O3/c1-29-13-4-6-15(14-29)20-25-19(32-28-20)10-9-18(30)23-11-5-12-24-21-16-7-2-3-8-17(16)22(31)27-26-21/h2-3,7-8,15H,4-6,9-14H2,1H3,(H,23,30)(H,24,26)(H,27,31). The number of aromatic amines is 1. The Bertz CT molecular complexity index is 1110. The monoisotopic (exact) mass is 439 g/mol. The third-order valence-electron chi connectivity index (χ3n) is 5.70. The topological polar surface area (TPSA) is 129 Å². The normalized spacial score (nSPS) is 16.8. The van der Waals surface area contributed by atoms with Gasteiger partial charge < -0.3 is 20.1 Å². The van der Waals surface area contributed by atoms with Crippen LogP contribution in [0.2, 0.25) is 0 Å². The van der Waals surface area contributed by atoms with Crippen LogP contribution in [0, 0.1) is 0 Å². The van der Waals surface area contributed by atoms with Gasteiger partial charge in [-0.3, -0.25) is 9.59 Å². The van der Waals surface area contributed by atoms with E-state index in [0.29, 0.717) is 48.9 Å². The van der Waals surface area contributed by atoms with Crippen molar-refractivity contribution in [2.45, 2.75) is 38.0 Å². The van der Waals surface area contributed by atoms with Crippen molar-refractivity contribution in [2.75, 3.05) is 38.5 Å². The minimum Gasteiger partial charge on any atom is -0.368 e. The first-order valence-corrected chi connectivity index (χ1v) is 11.1. The lowest BCUT2D eigenvalue weighted by molar-refractivity contribution is -0.121. The third kappa shape index (κ3) is 5.50. The predicted molar refractivity (Wildman–Crippen MR) is 121 cm³/mol. The van der Waals surface area contributed by atoms with Gasteiger partial charge in [0.1, 0.15) is 0 Å². The Balaban J connectivity index is 1.16. The molecule has 0 bridgehead atoms. The van der Waals surface area contributed by atoms with Crippen molar-refractivity contribution in [3.63, 3.8) is 0 Å². The number of benzene rings is 1. The molecule has 3 heterocycles. The lowest BCUT2D eigenvalue weighted by Crippen LogP contribution is -2.31. The molecule has 1 aromatic carbocycles. The SMILES string of the molecule is CN1CCCC(c2noc(CCC(=O)NCCCNc3n[nH]c(=O)c4ccccc34)n2)C1. The van der Waals surface area contributed by atoms with Crippen molar-refractivity contribution in [1.29, 1.82) is 0 Å². The molecule has 1 saturated heterocycles. The first kappa shape index (κ1) is 21.9. The Labute approximate surface area is 185 Å². The molecule has 1 atom stereocenters. The van der Waals surface area contributed by atoms with Crippen LogP contribution in [-0.2, 0) is 11.2 Å². The van der Waals surface area contributed by atoms with E-state index >= 15 is 0 Å². The summed E-state index contributed by atoms with van der Waals surface area (Å²) in [4.78, 5) is 30.7. The van der Waals surface area contributed by atoms with Gasteiger partial charge in [0.2, 0.25) is 11.8 Å². The molecular formula is C22H29N7O3. The molecule has 2 aromatic heterocycles. The minimum atomic E-state index is -0.210. The number of fused-ring (bicyclic) bond motifs is 1. The van der Waals surface area contributed by atoms with Crippen molar-refractivity contribution >= 4 is 22.5 Å². The van der Waals surface area contributed by atoms with E-state index in [0.717, 1.165) is 43.6 Å². The second-order valence-electron chi connectivity index (χ2n) is 8.22. The zero-order valence-electron chi connectivity index (χ0n) is 18.3. The first-order valence-electron chi connectivity index (χ1n) is 11.1. The van der Waals surface area contributed by atoms with Crippen LogP contribution in [0.1, 0.15) is 43.3 Å². The maximum atomic E-state index is 12.1. The minimum absolute atomic E-state index is 0.0465. The highest BCUT2D eigenvalue weighted by Gasteiger charge is 2.23. The Morgan fingerprint density at radius 2 is 2.12 bits per heavy atom. The van der Waals surface area contributed by atoms with Crippen molar-refractivity contribution < 1.29 is 9.32 Å². The predicted octanol–water partition coefficient (Wildman–Crippen LogP) is 1.67. The lowest BCUT2D eigenvalue weighted by atomic mass is 9.98. The van der Waals surface area contributed by atoms with Gasteiger partial charge in [0.05, 0.1) is 5.39 Å². The lowest BCUT2D eigenvalue weighted by Gasteiger charge is -2.27. The highest BCUT2D eigenvalue weighted by Crippen LogP contribution is 2.24. The number of nitrogens with one attached hydrogen (secondary N) is 3. The van der Waals surface area contributed by atoms with E-state index in [1.807, 2.05) is 18.2 Å². The van der Waals surface area contributed by atoms with Crippen LogP contribution >= 0.6 is 0 Å². The molecule has 1 aliphatic heterocycles. The van der Waals surface area contributed by atoms with E-state index in [9.17, 15) is 9.59 Å². The fraction of sp³-hybridized carbons (Fsp3) is 0.500. The molecule has 3 N–H and O–H groups in total. The van der Waals surface area contributed by atoms with Crippen LogP contribution in [0.4, 0.5) is 5.82 Å². The molecule has 170 valence electrons. The smallest absolute Gasteiger partial charge is 0.272 e. The molecule has 3 aromatic rings. The number of aromatic nitrogens is 4. The van der Waals surface area contributed by atoms with E-state index in [2.05, 4.69) is 42.9 Å². The summed E-state index contributed by atoms with van der Waals surface area (Å²) >= 11 is 0. The number of carbonyl (C=O) groups excluding carboxylic acids is 1. The number of amides is 1. The molecule has 4 rings (SSSR count). The number of H-pyrrole nitrogens is 1. The summed E-state index contributed by atoms with van der Waals surface area (Å²) in [6, 6.07) is 7.31. The average Bonchev–Trinajstić information content (AvgIpc) is 3.28. The highest BCUT2D eigenvalue weighted by atomic mass is 16.5. The zero-order valence-corrected chi connectivity index (χ0v) is 18.3. The van der Waals surface area contributed by atoms with Crippen LogP contribution in [0.5, 0.6) is 0 Å². The Hall–Kier alpha value is -3.27. The molecule has 1 fully saturated rings. The van der Waals surface area contributed by atoms with Crippen molar-refractivity contribution in [3.05, 3.63) is 46.3 Å². The maximum Gasteiger partial charge on any atom is 0.272 e. The Morgan fingerprint density at radius 3 is 2.97 bits per heavy atom. The van der Waals surface area contributed by atoms with Gasteiger partial charge in [-0.05, 0) is 38.9 Å². The summed E-state index contributed by atoms with van der Waals surface area (Å²) in [5.41, 5.74) is -0.210. The van der Waals surface area contributed by atoms with Crippen molar-refractivity contribution in [3.8, 4) is 0 Å². The average molecular weight is 440 g/mol. The number of carbonyl (C=O) groups is 1. The molecule has 0 saturated carbocycles. The summed E-state index contributed by atoms with van der Waals surface area (Å²) < 4.78 is 5.34. The van der Waals surface area contributed by atoms with Crippen LogP contribution < -0.4 is 16.2 Å². The number of anilines is 1. The maximum absolute atomic E-state index is 12.1. The molecule has 1 amide bonds. The third-order valence-corrected chi connectivity index (χ3v) is 5.70. The fourth-order valence-electron chi connectivity index (χ4n) is 3.99. The number of rotatable bonds is 9. The Kier molecular flexibility index (Phi) is 7.10. The van der Waals surface area contributed by atoms with Gasteiger partial charge in [-0.1, -0.05) is 23.4 Å². The van der Waals surface area contributed by atoms with Gasteiger partial charge in [-0.2, -0.15) is 10.1 Å². The van der Waals surface area contributed by atoms with E-state index in [-0.39, 0.29) is 11.5 Å². The molecule has 1 unspecified atom stereocenters. The first-order chi connectivity index (χ1) is 15.6. The van der Waals surface area contributed by atoms with Gasteiger partial charge >= 0.3 is 0 Å². The number of aryl methyl sites for hydroxylation is 1. The summed E-state index contributed by atoms with van der Waals surface area (Å²) in [7, 11) is 2.10. The number of nitrogens with zero attached hydrogens (tertiary/aromatic N) is 4. The fourth-order valence-corrected chi connectivity index (χ4v) is 3.99. The van der Waals surface area contributed by atoms with Crippen molar-refractivity contribution in [2.24, 2.45) is 0 Å². The second-order valence-corrected chi connectivity index (χ2v) is 8.22. The molecule has 0 radical (unpaired) electrons. The number of hydrogen-bond acceptors (Lipinski definition) is 8. The summed E-state index contributed by atoms with van der Waals surface area (Å²) in [5, 5.41) is 18.2. The van der Waals surface area contributed by atoms with Gasteiger partial charge in [-0.25, -0.2) is 5.10 Å². The van der Waals surface area contributed by atoms with Crippen LogP contribution in [-0.4, -0.2) is 64.4 Å². The van der Waals surface area contributed by atoms with E-state index < -0.39 is 0 Å². The van der Waals surface area contributed by atoms with Gasteiger partial charge in [0, 0.05) is 43.8 Å². The van der Waals surface area contributed by atoms with Gasteiger partial charge in [-0.15, -0.1) is 0 Å². The molecule has 1 aliphatic rings. The molecule has 10 nitrogen and oxygen atoms in total. The number of likely N-dealkylation sites (N-methyl/N-ethyl adjacent to an activating group) is 1. The zero-order chi connectivity index (χ0) is 22.3. The summed E-state index contributed by atoms with van der Waals surface area (Å²) in [6.45, 7) is 3.20. The molecular weight excluding hydrogens is 410 g/mol. The van der Waals surface area contributed by atoms with Crippen molar-refractivity contribution in [1.82, 2.24) is 30.6 Å². The number of hydrogen-bond donors (Lipinski definition) is 3. The van der Waals surface area contributed by atoms with Gasteiger partial charge in [0.15, 0.2) is 11.6 Å². The molecule has 10 heteroatoms. The van der Waals surface area contributed by atoms with Crippen LogP contribution in [0.25, 0.3) is 10.8 Å². The van der Waals surface area contributed by atoms with Gasteiger partial charge in [0.25, 0.3) is 5.56 Å². The van der Waals surface area contributed by atoms with Crippen LogP contribution in [0.15, 0.2) is 33.6 Å². The molecule has 32 heavy (non-hydrogen) atoms. The van der Waals surface area contributed by atoms with Crippen LogP contribution in [0.3, 0.4) is 0 Å².